The average molecular weight is 282 g/mol. The average Bonchev–Trinajstić information content (AvgIpc) is 3.21. The van der Waals surface area contributed by atoms with E-state index in [1.54, 1.807) is 6.08 Å². The molecule has 2 fully saturated rings. The lowest BCUT2D eigenvalue weighted by Gasteiger charge is -2.05. The lowest BCUT2D eigenvalue weighted by molar-refractivity contribution is -0.134. The first-order valence-corrected chi connectivity index (χ1v) is 7.37. The monoisotopic (exact) mass is 282 g/mol. The van der Waals surface area contributed by atoms with Crippen LogP contribution in [-0.2, 0) is 19.0 Å². The highest BCUT2D eigenvalue weighted by atomic mass is 16.6. The zero-order valence-corrected chi connectivity index (χ0v) is 13.2. The van der Waals surface area contributed by atoms with Gasteiger partial charge in [-0.2, -0.15) is 0 Å². The molecule has 4 heteroatoms. The van der Waals surface area contributed by atoms with Gasteiger partial charge in [-0.15, -0.1) is 0 Å². The fraction of sp³-hybridized carbons (Fsp3) is 0.812. The number of carbonyl (C=O) groups is 1. The Labute approximate surface area is 121 Å². The first-order chi connectivity index (χ1) is 9.27. The largest absolute Gasteiger partial charge is 0.466 e. The predicted molar refractivity (Wildman–Crippen MR) is 76.5 cm³/mol. The summed E-state index contributed by atoms with van der Waals surface area (Å²) in [5.74, 6) is -0.282. The second-order valence-corrected chi connectivity index (χ2v) is 6.72. The number of allylic oxidation sites excluding steroid dienone is 1. The Bertz CT molecular complexity index is 413. The summed E-state index contributed by atoms with van der Waals surface area (Å²) >= 11 is 0. The molecule has 4 nitrogen and oxygen atoms in total. The van der Waals surface area contributed by atoms with Crippen LogP contribution in [0.2, 0.25) is 0 Å². The molecule has 0 aromatic heterocycles. The molecule has 114 valence electrons. The van der Waals surface area contributed by atoms with Gasteiger partial charge >= 0.3 is 5.97 Å². The SMILES string of the molecule is COC(=O)/C=C(\C)CC[C@@H]1O[C@@]1(C)CC[C@H]1OC1(C)C. The molecule has 20 heavy (non-hydrogen) atoms. The van der Waals surface area contributed by atoms with Crippen LogP contribution in [0.5, 0.6) is 0 Å². The van der Waals surface area contributed by atoms with Gasteiger partial charge in [-0.3, -0.25) is 0 Å². The molecule has 0 saturated carbocycles. The molecule has 0 spiro atoms. The second-order valence-electron chi connectivity index (χ2n) is 6.72. The first kappa shape index (κ1) is 15.5. The zero-order chi connectivity index (χ0) is 15.0. The van der Waals surface area contributed by atoms with E-state index >= 15 is 0 Å². The van der Waals surface area contributed by atoms with Crippen LogP contribution in [-0.4, -0.2) is 36.5 Å². The van der Waals surface area contributed by atoms with Gasteiger partial charge in [0.2, 0.25) is 0 Å². The Hall–Kier alpha value is -0.870. The summed E-state index contributed by atoms with van der Waals surface area (Å²) < 4.78 is 16.0. The summed E-state index contributed by atoms with van der Waals surface area (Å²) in [5, 5.41) is 0. The van der Waals surface area contributed by atoms with Crippen molar-refractivity contribution in [1.82, 2.24) is 0 Å². The summed E-state index contributed by atoms with van der Waals surface area (Å²) in [6.07, 6.45) is 6.21. The number of carbonyl (C=O) groups excluding carboxylic acids is 1. The predicted octanol–water partition coefficient (Wildman–Crippen LogP) is 3.00. The van der Waals surface area contributed by atoms with Gasteiger partial charge in [0, 0.05) is 6.08 Å². The summed E-state index contributed by atoms with van der Waals surface area (Å²) in [7, 11) is 1.40. The van der Waals surface area contributed by atoms with E-state index in [9.17, 15) is 4.79 Å². The third kappa shape index (κ3) is 3.83. The van der Waals surface area contributed by atoms with Crippen LogP contribution in [0.15, 0.2) is 11.6 Å². The van der Waals surface area contributed by atoms with Crippen molar-refractivity contribution < 1.29 is 19.0 Å². The normalized spacial score (nSPS) is 34.8. The Morgan fingerprint density at radius 3 is 2.40 bits per heavy atom. The van der Waals surface area contributed by atoms with Crippen LogP contribution in [0.3, 0.4) is 0 Å². The van der Waals surface area contributed by atoms with Gasteiger partial charge in [0.25, 0.3) is 0 Å². The number of ether oxygens (including phenoxy) is 3. The molecule has 0 radical (unpaired) electrons. The van der Waals surface area contributed by atoms with Gasteiger partial charge in [-0.05, 0) is 53.4 Å². The van der Waals surface area contributed by atoms with Crippen molar-refractivity contribution in [3.63, 3.8) is 0 Å². The minimum Gasteiger partial charge on any atom is -0.466 e. The fourth-order valence-electron chi connectivity index (χ4n) is 2.72. The molecule has 2 aliphatic rings. The lowest BCUT2D eigenvalue weighted by Crippen LogP contribution is -2.13. The second kappa shape index (κ2) is 5.49. The van der Waals surface area contributed by atoms with Crippen LogP contribution in [0.1, 0.15) is 53.4 Å². The molecule has 0 N–H and O–H groups in total. The van der Waals surface area contributed by atoms with Gasteiger partial charge in [0.15, 0.2) is 0 Å². The first-order valence-electron chi connectivity index (χ1n) is 7.37. The Kier molecular flexibility index (Phi) is 4.26. The van der Waals surface area contributed by atoms with Crippen molar-refractivity contribution in [3.8, 4) is 0 Å². The standard InChI is InChI=1S/C16H26O4/c1-11(10-14(17)18-5)6-7-13-16(4,20-13)9-8-12-15(2,3)19-12/h10,12-13H,6-9H2,1-5H3/b11-10+/t12-,13+,16+/m1/s1. The molecule has 2 rings (SSSR count). The van der Waals surface area contributed by atoms with E-state index < -0.39 is 0 Å². The molecule has 2 heterocycles. The van der Waals surface area contributed by atoms with Gasteiger partial charge in [-0.25, -0.2) is 4.79 Å². The third-order valence-electron chi connectivity index (χ3n) is 4.47. The van der Waals surface area contributed by atoms with Crippen LogP contribution in [0.25, 0.3) is 0 Å². The van der Waals surface area contributed by atoms with Crippen molar-refractivity contribution in [2.75, 3.05) is 7.11 Å². The molecule has 2 saturated heterocycles. The molecule has 2 aliphatic heterocycles. The van der Waals surface area contributed by atoms with Crippen molar-refractivity contribution in [2.24, 2.45) is 0 Å². The maximum atomic E-state index is 11.1. The van der Waals surface area contributed by atoms with Gasteiger partial charge < -0.3 is 14.2 Å². The summed E-state index contributed by atoms with van der Waals surface area (Å²) in [5.41, 5.74) is 1.12. The van der Waals surface area contributed by atoms with Crippen LogP contribution in [0.4, 0.5) is 0 Å². The van der Waals surface area contributed by atoms with E-state index in [-0.39, 0.29) is 17.2 Å². The Morgan fingerprint density at radius 2 is 1.85 bits per heavy atom. The summed E-state index contributed by atoms with van der Waals surface area (Å²) in [6, 6.07) is 0. The summed E-state index contributed by atoms with van der Waals surface area (Å²) in [6.45, 7) is 8.39. The van der Waals surface area contributed by atoms with E-state index in [2.05, 4.69) is 25.5 Å². The number of epoxide rings is 2. The van der Waals surface area contributed by atoms with Crippen molar-refractivity contribution in [3.05, 3.63) is 11.6 Å². The molecule has 0 unspecified atom stereocenters. The third-order valence-corrected chi connectivity index (χ3v) is 4.47. The van der Waals surface area contributed by atoms with E-state index in [0.717, 1.165) is 31.3 Å². The van der Waals surface area contributed by atoms with Crippen LogP contribution in [0, 0.1) is 0 Å². The molecule has 0 aliphatic carbocycles. The van der Waals surface area contributed by atoms with Crippen LogP contribution < -0.4 is 0 Å². The number of methoxy groups -OCH3 is 1. The van der Waals surface area contributed by atoms with Crippen molar-refractivity contribution in [1.29, 1.82) is 0 Å². The smallest absolute Gasteiger partial charge is 0.330 e. The zero-order valence-electron chi connectivity index (χ0n) is 13.2. The van der Waals surface area contributed by atoms with Crippen molar-refractivity contribution in [2.45, 2.75) is 76.8 Å². The highest BCUT2D eigenvalue weighted by Crippen LogP contribution is 2.47. The molecule has 0 aromatic carbocycles. The molecule has 0 aromatic rings. The Morgan fingerprint density at radius 1 is 1.20 bits per heavy atom. The van der Waals surface area contributed by atoms with Crippen molar-refractivity contribution >= 4 is 5.97 Å². The molecule has 0 bridgehead atoms. The minimum absolute atomic E-state index is 0.00752. The summed E-state index contributed by atoms with van der Waals surface area (Å²) in [4.78, 5) is 11.1. The van der Waals surface area contributed by atoms with E-state index in [1.165, 1.54) is 7.11 Å². The van der Waals surface area contributed by atoms with E-state index in [4.69, 9.17) is 9.47 Å². The Balaban J connectivity index is 1.66. The van der Waals surface area contributed by atoms with Crippen LogP contribution >= 0.6 is 0 Å². The topological polar surface area (TPSA) is 51.4 Å². The van der Waals surface area contributed by atoms with Gasteiger partial charge in [0.1, 0.15) is 0 Å². The number of hydrogen-bond acceptors (Lipinski definition) is 4. The number of hydrogen-bond donors (Lipinski definition) is 0. The van der Waals surface area contributed by atoms with E-state index in [0.29, 0.717) is 12.2 Å². The number of esters is 1. The van der Waals surface area contributed by atoms with Gasteiger partial charge in [0.05, 0.1) is 30.5 Å². The maximum Gasteiger partial charge on any atom is 0.330 e. The molecular formula is C16H26O4. The quantitative estimate of drug-likeness (QED) is 0.409. The highest BCUT2D eigenvalue weighted by Gasteiger charge is 2.54. The maximum absolute atomic E-state index is 11.1. The molecule has 3 atom stereocenters. The fourth-order valence-corrected chi connectivity index (χ4v) is 2.72. The minimum atomic E-state index is -0.282. The molecule has 0 amide bonds. The molecular weight excluding hydrogens is 256 g/mol. The lowest BCUT2D eigenvalue weighted by atomic mass is 9.94. The van der Waals surface area contributed by atoms with E-state index in [1.807, 2.05) is 6.92 Å². The number of rotatable bonds is 7. The highest BCUT2D eigenvalue weighted by molar-refractivity contribution is 5.82. The van der Waals surface area contributed by atoms with Gasteiger partial charge in [-0.1, -0.05) is 5.57 Å².